The number of rotatable bonds is 9. The molecule has 4 rings (SSSR count). The van der Waals surface area contributed by atoms with Crippen molar-refractivity contribution in [2.45, 2.75) is 32.2 Å². The number of H-pyrrole nitrogens is 1. The minimum atomic E-state index is -0.595. The Kier molecular flexibility index (Phi) is 8.28. The number of hydrogen-bond acceptors (Lipinski definition) is 6. The first-order chi connectivity index (χ1) is 18.3. The third-order valence-corrected chi connectivity index (χ3v) is 6.53. The van der Waals surface area contributed by atoms with E-state index in [-0.39, 0.29) is 17.5 Å². The van der Waals surface area contributed by atoms with Crippen LogP contribution in [-0.2, 0) is 0 Å². The van der Waals surface area contributed by atoms with Crippen molar-refractivity contribution in [3.8, 4) is 11.5 Å². The molecular formula is C29H32N4O5. The molecule has 3 aromatic rings. The summed E-state index contributed by atoms with van der Waals surface area (Å²) in [5.74, 6) is 0.0639. The van der Waals surface area contributed by atoms with E-state index >= 15 is 0 Å². The fourth-order valence-corrected chi connectivity index (χ4v) is 4.41. The Balaban J connectivity index is 1.57. The van der Waals surface area contributed by atoms with E-state index in [1.165, 1.54) is 20.3 Å². The second-order valence-corrected chi connectivity index (χ2v) is 9.08. The normalized spacial score (nSPS) is 13.5. The molecule has 1 aromatic heterocycles. The highest BCUT2D eigenvalue weighted by atomic mass is 16.5. The van der Waals surface area contributed by atoms with E-state index in [2.05, 4.69) is 27.8 Å². The minimum absolute atomic E-state index is 0.0713. The van der Waals surface area contributed by atoms with Crippen molar-refractivity contribution in [3.63, 3.8) is 0 Å². The van der Waals surface area contributed by atoms with Gasteiger partial charge in [0.15, 0.2) is 11.5 Å². The van der Waals surface area contributed by atoms with Gasteiger partial charge in [-0.1, -0.05) is 24.3 Å². The molecule has 1 heterocycles. The summed E-state index contributed by atoms with van der Waals surface area (Å²) in [4.78, 5) is 41.7. The van der Waals surface area contributed by atoms with E-state index in [9.17, 15) is 14.4 Å². The molecule has 0 radical (unpaired) electrons. The monoisotopic (exact) mass is 516 g/mol. The third kappa shape index (κ3) is 5.78. The number of aromatic nitrogens is 1. The van der Waals surface area contributed by atoms with Gasteiger partial charge in [0.05, 0.1) is 25.8 Å². The van der Waals surface area contributed by atoms with Crippen molar-refractivity contribution in [1.82, 2.24) is 10.3 Å². The fraction of sp³-hybridized carbons (Fsp3) is 0.276. The van der Waals surface area contributed by atoms with Gasteiger partial charge in [0, 0.05) is 22.7 Å². The molecule has 9 heteroatoms. The van der Waals surface area contributed by atoms with Gasteiger partial charge in [-0.3, -0.25) is 14.4 Å². The van der Waals surface area contributed by atoms with Crippen LogP contribution in [0.1, 0.15) is 45.5 Å². The number of ether oxygens (including phenoxy) is 2. The first-order valence-electron chi connectivity index (χ1n) is 12.4. The van der Waals surface area contributed by atoms with Crippen LogP contribution in [-0.4, -0.2) is 43.6 Å². The van der Waals surface area contributed by atoms with Crippen LogP contribution in [0, 0.1) is 6.92 Å². The van der Waals surface area contributed by atoms with Crippen LogP contribution in [0.15, 0.2) is 65.0 Å². The lowest BCUT2D eigenvalue weighted by Crippen LogP contribution is -2.37. The number of hydrogen-bond donors (Lipinski definition) is 4. The van der Waals surface area contributed by atoms with Gasteiger partial charge in [0.25, 0.3) is 17.4 Å². The molecule has 2 amide bonds. The molecule has 9 nitrogen and oxygen atoms in total. The zero-order valence-corrected chi connectivity index (χ0v) is 21.7. The van der Waals surface area contributed by atoms with Crippen molar-refractivity contribution in [2.24, 2.45) is 5.73 Å². The lowest BCUT2D eigenvalue weighted by Gasteiger charge is -2.21. The second-order valence-electron chi connectivity index (χ2n) is 9.08. The maximum atomic E-state index is 13.1. The van der Waals surface area contributed by atoms with Crippen LogP contribution in [0.4, 0.5) is 5.69 Å². The Morgan fingerprint density at radius 1 is 1.05 bits per heavy atom. The zero-order valence-electron chi connectivity index (χ0n) is 21.7. The first-order valence-corrected chi connectivity index (χ1v) is 12.4. The van der Waals surface area contributed by atoms with Crippen molar-refractivity contribution < 1.29 is 19.1 Å². The number of carbonyl (C=O) groups is 2. The topological polar surface area (TPSA) is 136 Å². The number of aryl methyl sites for hydroxylation is 1. The molecule has 1 atom stereocenters. The number of carbonyl (C=O) groups excluding carboxylic acids is 2. The van der Waals surface area contributed by atoms with E-state index in [0.717, 1.165) is 24.0 Å². The predicted octanol–water partition coefficient (Wildman–Crippen LogP) is 3.83. The molecule has 38 heavy (non-hydrogen) atoms. The Bertz CT molecular complexity index is 1490. The van der Waals surface area contributed by atoms with Gasteiger partial charge in [-0.15, -0.1) is 0 Å². The minimum Gasteiger partial charge on any atom is -0.493 e. The molecule has 2 aromatic carbocycles. The molecule has 0 fully saturated rings. The lowest BCUT2D eigenvalue weighted by molar-refractivity contribution is 0.0940. The summed E-state index contributed by atoms with van der Waals surface area (Å²) in [5.41, 5.74) is 8.28. The number of anilines is 1. The van der Waals surface area contributed by atoms with Gasteiger partial charge in [0.1, 0.15) is 5.56 Å². The largest absolute Gasteiger partial charge is 0.493 e. The van der Waals surface area contributed by atoms with Gasteiger partial charge >= 0.3 is 0 Å². The van der Waals surface area contributed by atoms with E-state index < -0.39 is 11.5 Å². The molecule has 0 saturated carbocycles. The van der Waals surface area contributed by atoms with Crippen LogP contribution < -0.4 is 31.4 Å². The highest BCUT2D eigenvalue weighted by Crippen LogP contribution is 2.31. The summed E-state index contributed by atoms with van der Waals surface area (Å²) in [6.45, 7) is 2.25. The standard InChI is InChI=1S/C29H32N4O5/c1-17-9-10-19(27(34)31-22(11-12-30)18-7-5-4-6-8-18)14-23(17)32-28(35)21-13-20-15-25(37-2)26(38-3)16-24(20)33-29(21)36/h5,7-10,13-16,22H,4,6,11-12,30H2,1-3H3,(H,31,34)(H,32,35)(H,33,36). The molecule has 1 unspecified atom stereocenters. The summed E-state index contributed by atoms with van der Waals surface area (Å²) in [6.07, 6.45) is 8.75. The Morgan fingerprint density at radius 3 is 2.50 bits per heavy atom. The highest BCUT2D eigenvalue weighted by Gasteiger charge is 2.19. The van der Waals surface area contributed by atoms with Crippen LogP contribution in [0.3, 0.4) is 0 Å². The molecular weight excluding hydrogens is 484 g/mol. The Morgan fingerprint density at radius 2 is 1.82 bits per heavy atom. The molecule has 0 bridgehead atoms. The summed E-state index contributed by atoms with van der Waals surface area (Å²) < 4.78 is 10.6. The number of nitrogens with two attached hydrogens (primary N) is 1. The van der Waals surface area contributed by atoms with Gasteiger partial charge in [-0.05, 0) is 68.1 Å². The quantitative estimate of drug-likeness (QED) is 0.341. The molecule has 0 aliphatic heterocycles. The van der Waals surface area contributed by atoms with Crippen LogP contribution in [0.25, 0.3) is 10.9 Å². The van der Waals surface area contributed by atoms with E-state index in [1.807, 2.05) is 13.0 Å². The number of methoxy groups -OCH3 is 2. The van der Waals surface area contributed by atoms with Crippen LogP contribution in [0.5, 0.6) is 11.5 Å². The Labute approximate surface area is 220 Å². The third-order valence-electron chi connectivity index (χ3n) is 6.53. The number of benzene rings is 2. The molecule has 198 valence electrons. The summed E-state index contributed by atoms with van der Waals surface area (Å²) in [5, 5.41) is 6.45. The molecule has 1 aliphatic carbocycles. The predicted molar refractivity (Wildman–Crippen MR) is 148 cm³/mol. The molecule has 5 N–H and O–H groups in total. The number of aromatic amines is 1. The van der Waals surface area contributed by atoms with Crippen molar-refractivity contribution >= 4 is 28.4 Å². The molecule has 0 spiro atoms. The maximum absolute atomic E-state index is 13.1. The highest BCUT2D eigenvalue weighted by molar-refractivity contribution is 6.07. The summed E-state index contributed by atoms with van der Waals surface area (Å²) in [6, 6.07) is 9.69. The number of fused-ring (bicyclic) bond motifs is 1. The lowest BCUT2D eigenvalue weighted by atomic mass is 9.97. The average Bonchev–Trinajstić information content (AvgIpc) is 2.93. The number of pyridine rings is 1. The van der Waals surface area contributed by atoms with Gasteiger partial charge in [-0.25, -0.2) is 0 Å². The average molecular weight is 517 g/mol. The van der Waals surface area contributed by atoms with Crippen molar-refractivity contribution in [2.75, 3.05) is 26.1 Å². The van der Waals surface area contributed by atoms with E-state index in [0.29, 0.717) is 46.6 Å². The SMILES string of the molecule is COc1cc2cc(C(=O)Nc3cc(C(=O)NC(CCN)C4=CCCC=C4)ccc3C)c(=O)[nH]c2cc1OC. The number of amides is 2. The zero-order chi connectivity index (χ0) is 27.2. The first kappa shape index (κ1) is 26.7. The summed E-state index contributed by atoms with van der Waals surface area (Å²) in [7, 11) is 3.01. The van der Waals surface area contributed by atoms with Crippen LogP contribution >= 0.6 is 0 Å². The Hall–Kier alpha value is -4.37. The molecule has 1 aliphatic rings. The number of allylic oxidation sites excluding steroid dienone is 2. The van der Waals surface area contributed by atoms with Gasteiger partial charge in [-0.2, -0.15) is 0 Å². The second kappa shape index (κ2) is 11.8. The van der Waals surface area contributed by atoms with Gasteiger partial charge in [0.2, 0.25) is 0 Å². The van der Waals surface area contributed by atoms with Crippen molar-refractivity contribution in [3.05, 3.63) is 87.2 Å². The molecule has 0 saturated heterocycles. The smallest absolute Gasteiger partial charge is 0.261 e. The van der Waals surface area contributed by atoms with Crippen molar-refractivity contribution in [1.29, 1.82) is 0 Å². The fourth-order valence-electron chi connectivity index (χ4n) is 4.41. The van der Waals surface area contributed by atoms with E-state index in [4.69, 9.17) is 15.2 Å². The van der Waals surface area contributed by atoms with Crippen LogP contribution in [0.2, 0.25) is 0 Å². The van der Waals surface area contributed by atoms with Gasteiger partial charge < -0.3 is 30.8 Å². The summed E-state index contributed by atoms with van der Waals surface area (Å²) >= 11 is 0. The van der Waals surface area contributed by atoms with E-state index in [1.54, 1.807) is 30.3 Å². The maximum Gasteiger partial charge on any atom is 0.261 e. The number of nitrogens with one attached hydrogen (secondary N) is 3.